The molecule has 0 aromatic carbocycles. The first kappa shape index (κ1) is 16.3. The molecule has 0 atom stereocenters. The Morgan fingerprint density at radius 3 is 2.22 bits per heavy atom. The summed E-state index contributed by atoms with van der Waals surface area (Å²) in [5, 5.41) is 8.53. The molecular weight excluding hydrogens is 268 g/mol. The first-order chi connectivity index (χ1) is 8.19. The number of ether oxygens (including phenoxy) is 1. The zero-order valence-corrected chi connectivity index (χ0v) is 10.5. The number of carboxylic acids is 1. The molecule has 1 amide bonds. The molecule has 0 saturated carbocycles. The van der Waals surface area contributed by atoms with Crippen molar-refractivity contribution in [3.63, 3.8) is 0 Å². The molecule has 0 unspecified atom stereocenters. The summed E-state index contributed by atoms with van der Waals surface area (Å²) >= 11 is 0. The molecule has 0 spiro atoms. The average Bonchev–Trinajstić information content (AvgIpc) is 2.23. The monoisotopic (exact) mass is 282 g/mol. The maximum atomic E-state index is 11.7. The number of carbonyl (C=O) groups is 3. The summed E-state index contributed by atoms with van der Waals surface area (Å²) in [5.74, 6) is -3.83. The summed E-state index contributed by atoms with van der Waals surface area (Å²) < 4.78 is 28.0. The second kappa shape index (κ2) is 6.91. The minimum Gasteiger partial charge on any atom is -0.480 e. The number of aliphatic carboxylic acids is 1. The molecule has 0 aliphatic carbocycles. The van der Waals surface area contributed by atoms with Gasteiger partial charge in [0.1, 0.15) is 6.54 Å². The Balaban J connectivity index is 4.79. The van der Waals surface area contributed by atoms with Crippen molar-refractivity contribution in [1.82, 2.24) is 4.31 Å². The SMILES string of the molecule is COC(=O)CCS(=O)(=O)N(CC(N)=O)CC(=O)O. The van der Waals surface area contributed by atoms with E-state index in [4.69, 9.17) is 10.8 Å². The number of nitrogens with two attached hydrogens (primary N) is 1. The van der Waals surface area contributed by atoms with Crippen LogP contribution in [0.2, 0.25) is 0 Å². The molecule has 0 aliphatic heterocycles. The van der Waals surface area contributed by atoms with Crippen LogP contribution in [0.15, 0.2) is 0 Å². The Morgan fingerprint density at radius 2 is 1.83 bits per heavy atom. The highest BCUT2D eigenvalue weighted by Crippen LogP contribution is 2.04. The lowest BCUT2D eigenvalue weighted by Crippen LogP contribution is -2.42. The highest BCUT2D eigenvalue weighted by Gasteiger charge is 2.26. The van der Waals surface area contributed by atoms with Gasteiger partial charge < -0.3 is 15.6 Å². The summed E-state index contributed by atoms with van der Waals surface area (Å²) in [6, 6.07) is 0. The summed E-state index contributed by atoms with van der Waals surface area (Å²) in [6.45, 7) is -1.65. The largest absolute Gasteiger partial charge is 0.480 e. The number of sulfonamides is 1. The minimum absolute atomic E-state index is 0.403. The van der Waals surface area contributed by atoms with Gasteiger partial charge in [-0.1, -0.05) is 0 Å². The first-order valence-electron chi connectivity index (χ1n) is 4.73. The summed E-state index contributed by atoms with van der Waals surface area (Å²) in [5.41, 5.74) is 4.82. The lowest BCUT2D eigenvalue weighted by molar-refractivity contribution is -0.140. The van der Waals surface area contributed by atoms with E-state index in [-0.39, 0.29) is 0 Å². The van der Waals surface area contributed by atoms with E-state index in [9.17, 15) is 22.8 Å². The molecule has 9 nitrogen and oxygen atoms in total. The third-order valence-electron chi connectivity index (χ3n) is 1.83. The number of hydrogen-bond acceptors (Lipinski definition) is 6. The Morgan fingerprint density at radius 1 is 1.28 bits per heavy atom. The maximum absolute atomic E-state index is 11.7. The smallest absolute Gasteiger partial charge is 0.318 e. The van der Waals surface area contributed by atoms with Gasteiger partial charge in [-0.2, -0.15) is 4.31 Å². The number of esters is 1. The Kier molecular flexibility index (Phi) is 6.27. The lowest BCUT2D eigenvalue weighted by Gasteiger charge is -2.18. The molecule has 0 aromatic heterocycles. The zero-order valence-electron chi connectivity index (χ0n) is 9.66. The van der Waals surface area contributed by atoms with E-state index >= 15 is 0 Å². The molecule has 104 valence electrons. The quantitative estimate of drug-likeness (QED) is 0.478. The van der Waals surface area contributed by atoms with Crippen LogP contribution in [0.1, 0.15) is 6.42 Å². The van der Waals surface area contributed by atoms with Gasteiger partial charge in [-0.25, -0.2) is 8.42 Å². The fourth-order valence-electron chi connectivity index (χ4n) is 1.02. The molecule has 0 saturated heterocycles. The number of methoxy groups -OCH3 is 1. The molecule has 0 rings (SSSR count). The summed E-state index contributed by atoms with van der Waals surface area (Å²) in [6.07, 6.45) is -0.437. The topological polar surface area (TPSA) is 144 Å². The lowest BCUT2D eigenvalue weighted by atomic mass is 10.5. The number of rotatable bonds is 8. The number of amides is 1. The van der Waals surface area contributed by atoms with Crippen LogP contribution in [-0.4, -0.2) is 61.6 Å². The van der Waals surface area contributed by atoms with Gasteiger partial charge in [0.2, 0.25) is 15.9 Å². The van der Waals surface area contributed by atoms with Crippen LogP contribution >= 0.6 is 0 Å². The minimum atomic E-state index is -4.07. The van der Waals surface area contributed by atoms with Crippen LogP contribution in [0, 0.1) is 0 Å². The second-order valence-electron chi connectivity index (χ2n) is 3.27. The summed E-state index contributed by atoms with van der Waals surface area (Å²) in [4.78, 5) is 32.0. The molecule has 0 radical (unpaired) electrons. The normalized spacial score (nSPS) is 11.2. The Bertz CT molecular complexity index is 415. The summed E-state index contributed by atoms with van der Waals surface area (Å²) in [7, 11) is -2.98. The highest BCUT2D eigenvalue weighted by molar-refractivity contribution is 7.89. The van der Waals surface area contributed by atoms with E-state index in [2.05, 4.69) is 4.74 Å². The van der Waals surface area contributed by atoms with Crippen molar-refractivity contribution in [2.45, 2.75) is 6.42 Å². The van der Waals surface area contributed by atoms with Crippen molar-refractivity contribution in [3.05, 3.63) is 0 Å². The third-order valence-corrected chi connectivity index (χ3v) is 3.59. The molecule has 10 heteroatoms. The van der Waals surface area contributed by atoms with Crippen LogP contribution in [0.3, 0.4) is 0 Å². The highest BCUT2D eigenvalue weighted by atomic mass is 32.2. The van der Waals surface area contributed by atoms with Crippen LogP contribution < -0.4 is 5.73 Å². The first-order valence-corrected chi connectivity index (χ1v) is 6.34. The van der Waals surface area contributed by atoms with Gasteiger partial charge in [-0.3, -0.25) is 14.4 Å². The number of primary amides is 1. The van der Waals surface area contributed by atoms with Crippen LogP contribution in [0.5, 0.6) is 0 Å². The van der Waals surface area contributed by atoms with Gasteiger partial charge in [0, 0.05) is 0 Å². The molecule has 3 N–H and O–H groups in total. The Labute approximate surface area is 104 Å². The van der Waals surface area contributed by atoms with Crippen LogP contribution in [0.25, 0.3) is 0 Å². The van der Waals surface area contributed by atoms with E-state index in [1.165, 1.54) is 0 Å². The molecule has 0 heterocycles. The number of carboxylic acid groups (broad SMARTS) is 1. The molecular formula is C8H14N2O7S. The fraction of sp³-hybridized carbons (Fsp3) is 0.625. The molecule has 0 bridgehead atoms. The van der Waals surface area contributed by atoms with Gasteiger partial charge in [-0.05, 0) is 0 Å². The van der Waals surface area contributed by atoms with Gasteiger partial charge >= 0.3 is 11.9 Å². The van der Waals surface area contributed by atoms with E-state index in [0.29, 0.717) is 4.31 Å². The number of nitrogens with zero attached hydrogens (tertiary/aromatic N) is 1. The van der Waals surface area contributed by atoms with Crippen molar-refractivity contribution in [2.24, 2.45) is 5.73 Å². The number of carbonyl (C=O) groups excluding carboxylic acids is 2. The average molecular weight is 282 g/mol. The van der Waals surface area contributed by atoms with Crippen molar-refractivity contribution >= 4 is 27.9 Å². The Hall–Kier alpha value is -1.68. The maximum Gasteiger partial charge on any atom is 0.318 e. The van der Waals surface area contributed by atoms with Crippen LogP contribution in [-0.2, 0) is 29.1 Å². The standard InChI is InChI=1S/C8H14N2O7S/c1-17-8(14)2-3-18(15,16)10(4-6(9)11)5-7(12)13/h2-5H2,1H3,(H2,9,11)(H,12,13). The van der Waals surface area contributed by atoms with E-state index < -0.39 is 53.1 Å². The third kappa shape index (κ3) is 6.15. The van der Waals surface area contributed by atoms with Crippen LogP contribution in [0.4, 0.5) is 0 Å². The predicted octanol–water partition coefficient (Wildman–Crippen LogP) is -2.25. The molecule has 0 aliphatic rings. The zero-order chi connectivity index (χ0) is 14.3. The van der Waals surface area contributed by atoms with E-state index in [0.717, 1.165) is 7.11 Å². The molecule has 0 aromatic rings. The van der Waals surface area contributed by atoms with Crippen molar-refractivity contribution in [3.8, 4) is 0 Å². The molecule has 0 fully saturated rings. The fourth-order valence-corrected chi connectivity index (χ4v) is 2.33. The number of hydrogen-bond donors (Lipinski definition) is 2. The second-order valence-corrected chi connectivity index (χ2v) is 5.36. The van der Waals surface area contributed by atoms with Gasteiger partial charge in [0.05, 0.1) is 25.8 Å². The van der Waals surface area contributed by atoms with E-state index in [1.807, 2.05) is 0 Å². The van der Waals surface area contributed by atoms with Gasteiger partial charge in [0.25, 0.3) is 0 Å². The van der Waals surface area contributed by atoms with Crippen molar-refractivity contribution in [1.29, 1.82) is 0 Å². The van der Waals surface area contributed by atoms with Gasteiger partial charge in [-0.15, -0.1) is 0 Å². The van der Waals surface area contributed by atoms with E-state index in [1.54, 1.807) is 0 Å². The predicted molar refractivity (Wildman–Crippen MR) is 58.8 cm³/mol. The molecule has 18 heavy (non-hydrogen) atoms. The van der Waals surface area contributed by atoms with Crippen molar-refractivity contribution in [2.75, 3.05) is 26.0 Å². The van der Waals surface area contributed by atoms with Gasteiger partial charge in [0.15, 0.2) is 0 Å². The van der Waals surface area contributed by atoms with Crippen molar-refractivity contribution < 1.29 is 32.6 Å².